The highest BCUT2D eigenvalue weighted by atomic mass is 28.4. The maximum atomic E-state index is 12.3. The molecular formula is C19H26O3Si. The van der Waals surface area contributed by atoms with E-state index in [4.69, 9.17) is 9.16 Å². The SMILES string of the molecule is COC(=O)C(C)(C)[C@H](O[Si](C)(C)C)c1ccc2ccccc2c1. The number of benzene rings is 2. The number of ether oxygens (including phenoxy) is 1. The fraction of sp³-hybridized carbons (Fsp3) is 0.421. The van der Waals surface area contributed by atoms with Crippen molar-refractivity contribution in [1.82, 2.24) is 0 Å². The van der Waals surface area contributed by atoms with Gasteiger partial charge in [-0.25, -0.2) is 0 Å². The normalized spacial score (nSPS) is 13.8. The quantitative estimate of drug-likeness (QED) is 0.576. The van der Waals surface area contributed by atoms with Crippen LogP contribution < -0.4 is 0 Å². The number of rotatable bonds is 5. The first-order valence-corrected chi connectivity index (χ1v) is 11.3. The molecule has 2 rings (SSSR count). The van der Waals surface area contributed by atoms with Gasteiger partial charge in [0.25, 0.3) is 0 Å². The Morgan fingerprint density at radius 3 is 2.22 bits per heavy atom. The molecule has 0 spiro atoms. The number of methoxy groups -OCH3 is 1. The first kappa shape index (κ1) is 17.7. The lowest BCUT2D eigenvalue weighted by Crippen LogP contribution is -2.39. The van der Waals surface area contributed by atoms with Crippen molar-refractivity contribution in [2.75, 3.05) is 7.11 Å². The molecule has 4 heteroatoms. The Morgan fingerprint density at radius 2 is 1.65 bits per heavy atom. The number of carbonyl (C=O) groups excluding carboxylic acids is 1. The van der Waals surface area contributed by atoms with Crippen LogP contribution in [0.3, 0.4) is 0 Å². The van der Waals surface area contributed by atoms with Crippen molar-refractivity contribution in [3.8, 4) is 0 Å². The van der Waals surface area contributed by atoms with E-state index < -0.39 is 13.7 Å². The van der Waals surface area contributed by atoms with E-state index >= 15 is 0 Å². The van der Waals surface area contributed by atoms with Crippen LogP contribution in [0.15, 0.2) is 42.5 Å². The zero-order chi connectivity index (χ0) is 17.3. The molecule has 0 N–H and O–H groups in total. The molecule has 0 saturated heterocycles. The van der Waals surface area contributed by atoms with Gasteiger partial charge in [0.05, 0.1) is 18.6 Å². The summed E-state index contributed by atoms with van der Waals surface area (Å²) in [7, 11) is -0.420. The predicted octanol–water partition coefficient (Wildman–Crippen LogP) is 4.93. The van der Waals surface area contributed by atoms with Crippen molar-refractivity contribution in [3.63, 3.8) is 0 Å². The Morgan fingerprint density at radius 1 is 1.04 bits per heavy atom. The maximum absolute atomic E-state index is 12.3. The highest BCUT2D eigenvalue weighted by Gasteiger charge is 2.42. The zero-order valence-electron chi connectivity index (χ0n) is 14.8. The predicted molar refractivity (Wildman–Crippen MR) is 96.9 cm³/mol. The fourth-order valence-corrected chi connectivity index (χ4v) is 3.86. The molecule has 0 aliphatic heterocycles. The van der Waals surface area contributed by atoms with Crippen LogP contribution in [0, 0.1) is 5.41 Å². The largest absolute Gasteiger partial charge is 0.469 e. The molecule has 0 aromatic heterocycles. The molecule has 0 bridgehead atoms. The first-order valence-electron chi connectivity index (χ1n) is 7.90. The van der Waals surface area contributed by atoms with Crippen LogP contribution >= 0.6 is 0 Å². The summed E-state index contributed by atoms with van der Waals surface area (Å²) in [6.45, 7) is 10.2. The highest BCUT2D eigenvalue weighted by Crippen LogP contribution is 2.40. The molecule has 0 aliphatic carbocycles. The minimum atomic E-state index is -1.85. The van der Waals surface area contributed by atoms with E-state index in [-0.39, 0.29) is 12.1 Å². The van der Waals surface area contributed by atoms with Gasteiger partial charge in [0.15, 0.2) is 8.32 Å². The van der Waals surface area contributed by atoms with Gasteiger partial charge < -0.3 is 9.16 Å². The van der Waals surface area contributed by atoms with E-state index in [0.717, 1.165) is 10.9 Å². The molecule has 0 fully saturated rings. The molecule has 0 radical (unpaired) electrons. The van der Waals surface area contributed by atoms with Gasteiger partial charge in [0.2, 0.25) is 0 Å². The van der Waals surface area contributed by atoms with Gasteiger partial charge in [-0.15, -0.1) is 0 Å². The summed E-state index contributed by atoms with van der Waals surface area (Å²) in [5.41, 5.74) is 0.263. The molecule has 1 atom stereocenters. The minimum absolute atomic E-state index is 0.256. The molecule has 0 amide bonds. The van der Waals surface area contributed by atoms with Gasteiger partial charge in [0, 0.05) is 0 Å². The molecule has 0 aliphatic rings. The number of fused-ring (bicyclic) bond motifs is 1. The summed E-state index contributed by atoms with van der Waals surface area (Å²) in [6, 6.07) is 14.5. The molecule has 0 saturated carbocycles. The summed E-state index contributed by atoms with van der Waals surface area (Å²) >= 11 is 0. The summed E-state index contributed by atoms with van der Waals surface area (Å²) in [6.07, 6.45) is -0.328. The molecule has 23 heavy (non-hydrogen) atoms. The third kappa shape index (κ3) is 4.01. The van der Waals surface area contributed by atoms with Crippen molar-refractivity contribution in [2.45, 2.75) is 39.6 Å². The van der Waals surface area contributed by atoms with E-state index in [1.807, 2.05) is 26.0 Å². The van der Waals surface area contributed by atoms with Crippen LogP contribution in [-0.2, 0) is 14.0 Å². The van der Waals surface area contributed by atoms with Crippen molar-refractivity contribution < 1.29 is 14.0 Å². The molecule has 0 unspecified atom stereocenters. The summed E-state index contributed by atoms with van der Waals surface area (Å²) < 4.78 is 11.4. The molecule has 3 nitrogen and oxygen atoms in total. The van der Waals surface area contributed by atoms with E-state index in [1.54, 1.807) is 0 Å². The number of hydrogen-bond acceptors (Lipinski definition) is 3. The number of esters is 1. The van der Waals surface area contributed by atoms with Gasteiger partial charge >= 0.3 is 5.97 Å². The van der Waals surface area contributed by atoms with Gasteiger partial charge in [-0.3, -0.25) is 4.79 Å². The van der Waals surface area contributed by atoms with Gasteiger partial charge in [-0.1, -0.05) is 36.4 Å². The lowest BCUT2D eigenvalue weighted by molar-refractivity contribution is -0.156. The van der Waals surface area contributed by atoms with Gasteiger partial charge in [-0.05, 0) is 55.9 Å². The average molecular weight is 330 g/mol. The average Bonchev–Trinajstić information content (AvgIpc) is 2.50. The molecular weight excluding hydrogens is 304 g/mol. The smallest absolute Gasteiger partial charge is 0.314 e. The monoisotopic (exact) mass is 330 g/mol. The van der Waals surface area contributed by atoms with Crippen LogP contribution in [0.2, 0.25) is 19.6 Å². The Labute approximate surface area is 139 Å². The highest BCUT2D eigenvalue weighted by molar-refractivity contribution is 6.69. The Bertz CT molecular complexity index is 701. The second kappa shape index (κ2) is 6.46. The molecule has 124 valence electrons. The lowest BCUT2D eigenvalue weighted by Gasteiger charge is -2.36. The fourth-order valence-electron chi connectivity index (χ4n) is 2.73. The number of carbonyl (C=O) groups is 1. The van der Waals surface area contributed by atoms with Crippen LogP contribution in [0.4, 0.5) is 0 Å². The van der Waals surface area contributed by atoms with E-state index in [0.29, 0.717) is 0 Å². The summed E-state index contributed by atoms with van der Waals surface area (Å²) in [5.74, 6) is -0.256. The first-order chi connectivity index (χ1) is 10.6. The van der Waals surface area contributed by atoms with Crippen molar-refractivity contribution in [3.05, 3.63) is 48.0 Å². The second-order valence-electron chi connectivity index (χ2n) is 7.43. The van der Waals surface area contributed by atoms with E-state index in [1.165, 1.54) is 12.5 Å². The van der Waals surface area contributed by atoms with E-state index in [9.17, 15) is 4.79 Å². The molecule has 2 aromatic rings. The lowest BCUT2D eigenvalue weighted by atomic mass is 9.82. The Hall–Kier alpha value is -1.65. The minimum Gasteiger partial charge on any atom is -0.469 e. The van der Waals surface area contributed by atoms with Crippen LogP contribution in [-0.4, -0.2) is 21.4 Å². The van der Waals surface area contributed by atoms with Crippen LogP contribution in [0.25, 0.3) is 10.8 Å². The second-order valence-corrected chi connectivity index (χ2v) is 11.9. The third-order valence-corrected chi connectivity index (χ3v) is 4.86. The van der Waals surface area contributed by atoms with Crippen molar-refractivity contribution >= 4 is 25.1 Å². The number of hydrogen-bond donors (Lipinski definition) is 0. The van der Waals surface area contributed by atoms with E-state index in [2.05, 4.69) is 50.0 Å². The molecule has 2 aromatic carbocycles. The summed E-state index contributed by atoms with van der Waals surface area (Å²) in [5, 5.41) is 2.33. The zero-order valence-corrected chi connectivity index (χ0v) is 15.8. The maximum Gasteiger partial charge on any atom is 0.314 e. The topological polar surface area (TPSA) is 35.5 Å². The van der Waals surface area contributed by atoms with Crippen LogP contribution in [0.5, 0.6) is 0 Å². The van der Waals surface area contributed by atoms with Gasteiger partial charge in [0.1, 0.15) is 0 Å². The Kier molecular flexibility index (Phi) is 4.97. The third-order valence-electron chi connectivity index (χ3n) is 3.91. The standard InChI is InChI=1S/C19H26O3Si/c1-19(2,18(20)21-3)17(22-23(4,5)6)16-12-11-14-9-7-8-10-15(14)13-16/h7-13,17H,1-6H3/t17-/m1/s1. The Balaban J connectivity index is 2.52. The van der Waals surface area contributed by atoms with Crippen molar-refractivity contribution in [1.29, 1.82) is 0 Å². The van der Waals surface area contributed by atoms with Gasteiger partial charge in [-0.2, -0.15) is 0 Å². The van der Waals surface area contributed by atoms with Crippen LogP contribution in [0.1, 0.15) is 25.5 Å². The van der Waals surface area contributed by atoms with Crippen molar-refractivity contribution in [2.24, 2.45) is 5.41 Å². The summed E-state index contributed by atoms with van der Waals surface area (Å²) in [4.78, 5) is 12.3. The molecule has 0 heterocycles.